The van der Waals surface area contributed by atoms with Crippen LogP contribution in [-0.2, 0) is 19.1 Å². The van der Waals surface area contributed by atoms with Crippen LogP contribution >= 0.6 is 0 Å². The molecule has 0 N–H and O–H groups in total. The van der Waals surface area contributed by atoms with E-state index in [-0.39, 0.29) is 26.4 Å². The number of esters is 2. The number of hydrogen-bond acceptors (Lipinski definition) is 4. The summed E-state index contributed by atoms with van der Waals surface area (Å²) in [5.74, 6) is 0.857. The van der Waals surface area contributed by atoms with Crippen LogP contribution in [0.4, 0.5) is 0 Å². The number of hydrogen-bond donors (Lipinski definition) is 0. The molecule has 0 bridgehead atoms. The van der Waals surface area contributed by atoms with Gasteiger partial charge in [-0.2, -0.15) is 0 Å². The van der Waals surface area contributed by atoms with Crippen molar-refractivity contribution in [2.24, 2.45) is 0 Å². The van der Waals surface area contributed by atoms with Crippen LogP contribution in [0.15, 0.2) is 12.7 Å². The standard InChI is InChI=1S/C9H14O4Se/c1-4-5-9(14-3)13-8(11)6-7(10)12-2/h4,9H,1,5-6H2,2-3H3. The van der Waals surface area contributed by atoms with E-state index in [0.29, 0.717) is 6.42 Å². The average molecular weight is 265 g/mol. The first-order valence-electron chi connectivity index (χ1n) is 4.04. The zero-order valence-electron chi connectivity index (χ0n) is 8.32. The van der Waals surface area contributed by atoms with Gasteiger partial charge in [-0.1, -0.05) is 0 Å². The van der Waals surface area contributed by atoms with Gasteiger partial charge in [-0.15, -0.1) is 0 Å². The Morgan fingerprint density at radius 2 is 2.14 bits per heavy atom. The summed E-state index contributed by atoms with van der Waals surface area (Å²) in [7, 11) is 1.24. The van der Waals surface area contributed by atoms with Crippen molar-refractivity contribution in [1.29, 1.82) is 0 Å². The molecule has 0 aliphatic rings. The van der Waals surface area contributed by atoms with E-state index in [1.807, 2.05) is 5.82 Å². The van der Waals surface area contributed by atoms with Crippen molar-refractivity contribution in [3.8, 4) is 0 Å². The summed E-state index contributed by atoms with van der Waals surface area (Å²) in [5, 5.41) is -0.128. The van der Waals surface area contributed by atoms with Gasteiger partial charge in [0.15, 0.2) is 0 Å². The van der Waals surface area contributed by atoms with Crippen molar-refractivity contribution >= 4 is 26.9 Å². The van der Waals surface area contributed by atoms with E-state index in [4.69, 9.17) is 4.74 Å². The third-order valence-corrected chi connectivity index (χ3v) is 3.11. The molecule has 0 heterocycles. The Labute approximate surface area is 89.8 Å². The third kappa shape index (κ3) is 5.78. The molecule has 14 heavy (non-hydrogen) atoms. The van der Waals surface area contributed by atoms with Crippen LogP contribution in [0.3, 0.4) is 0 Å². The van der Waals surface area contributed by atoms with Gasteiger partial charge in [0.1, 0.15) is 0 Å². The van der Waals surface area contributed by atoms with Crippen LogP contribution < -0.4 is 0 Å². The van der Waals surface area contributed by atoms with Gasteiger partial charge in [0.25, 0.3) is 0 Å². The second-order valence-electron chi connectivity index (χ2n) is 2.43. The molecule has 0 aliphatic carbocycles. The van der Waals surface area contributed by atoms with Gasteiger partial charge in [-0.05, 0) is 0 Å². The summed E-state index contributed by atoms with van der Waals surface area (Å²) in [5.41, 5.74) is 0. The summed E-state index contributed by atoms with van der Waals surface area (Å²) in [4.78, 5) is 21.8. The molecular weight excluding hydrogens is 251 g/mol. The molecule has 80 valence electrons. The first-order valence-corrected chi connectivity index (χ1v) is 6.74. The van der Waals surface area contributed by atoms with Crippen LogP contribution in [0.2, 0.25) is 5.82 Å². The maximum absolute atomic E-state index is 11.1. The molecule has 0 aliphatic heterocycles. The van der Waals surface area contributed by atoms with E-state index in [1.54, 1.807) is 6.08 Å². The predicted molar refractivity (Wildman–Crippen MR) is 52.9 cm³/mol. The normalized spacial score (nSPS) is 11.6. The zero-order valence-corrected chi connectivity index (χ0v) is 10.0. The molecule has 1 atom stereocenters. The molecule has 0 amide bonds. The molecule has 0 fully saturated rings. The minimum absolute atomic E-state index is 0.128. The van der Waals surface area contributed by atoms with E-state index in [2.05, 4.69) is 11.3 Å². The molecule has 0 saturated carbocycles. The number of carbonyl (C=O) groups excluding carboxylic acids is 2. The van der Waals surface area contributed by atoms with Crippen LogP contribution in [0, 0.1) is 0 Å². The predicted octanol–water partition coefficient (Wildman–Crippen LogP) is 0.747. The third-order valence-electron chi connectivity index (χ3n) is 1.40. The van der Waals surface area contributed by atoms with Crippen molar-refractivity contribution in [3.05, 3.63) is 12.7 Å². The SMILES string of the molecule is C=CCC(OC(=O)CC(=O)OC)[Se]C. The summed E-state index contributed by atoms with van der Waals surface area (Å²) in [6, 6.07) is 0. The fourth-order valence-electron chi connectivity index (χ4n) is 0.707. The van der Waals surface area contributed by atoms with E-state index in [0.717, 1.165) is 0 Å². The second kappa shape index (κ2) is 7.59. The van der Waals surface area contributed by atoms with Gasteiger partial charge in [-0.3, -0.25) is 0 Å². The van der Waals surface area contributed by atoms with E-state index in [9.17, 15) is 9.59 Å². The quantitative estimate of drug-likeness (QED) is 0.308. The Kier molecular flexibility index (Phi) is 7.16. The fourth-order valence-corrected chi connectivity index (χ4v) is 1.82. The second-order valence-corrected chi connectivity index (χ2v) is 4.52. The fraction of sp³-hybridized carbons (Fsp3) is 0.556. The van der Waals surface area contributed by atoms with Gasteiger partial charge in [0.2, 0.25) is 0 Å². The summed E-state index contributed by atoms with van der Waals surface area (Å²) >= 11 is 0.194. The maximum atomic E-state index is 11.1. The Morgan fingerprint density at radius 3 is 2.57 bits per heavy atom. The monoisotopic (exact) mass is 266 g/mol. The number of carbonyl (C=O) groups is 2. The Bertz CT molecular complexity index is 215. The van der Waals surface area contributed by atoms with Gasteiger partial charge in [-0.25, -0.2) is 0 Å². The van der Waals surface area contributed by atoms with Crippen LogP contribution in [0.5, 0.6) is 0 Å². The van der Waals surface area contributed by atoms with Crippen molar-refractivity contribution in [1.82, 2.24) is 0 Å². The molecule has 0 aromatic rings. The van der Waals surface area contributed by atoms with E-state index < -0.39 is 11.9 Å². The molecule has 1 unspecified atom stereocenters. The van der Waals surface area contributed by atoms with Gasteiger partial charge < -0.3 is 0 Å². The average Bonchev–Trinajstić information content (AvgIpc) is 2.16. The van der Waals surface area contributed by atoms with Crippen LogP contribution in [0.1, 0.15) is 12.8 Å². The summed E-state index contributed by atoms with van der Waals surface area (Å²) < 4.78 is 9.37. The first kappa shape index (κ1) is 13.2. The molecular formula is C9H14O4Se. The van der Waals surface area contributed by atoms with Crippen molar-refractivity contribution in [2.75, 3.05) is 7.11 Å². The minimum atomic E-state index is -0.573. The number of ether oxygens (including phenoxy) is 2. The van der Waals surface area contributed by atoms with E-state index in [1.165, 1.54) is 7.11 Å². The topological polar surface area (TPSA) is 52.6 Å². The zero-order chi connectivity index (χ0) is 11.0. The molecule has 0 spiro atoms. The first-order chi connectivity index (χ1) is 6.63. The van der Waals surface area contributed by atoms with Gasteiger partial charge in [0.05, 0.1) is 0 Å². The van der Waals surface area contributed by atoms with Crippen LogP contribution in [-0.4, -0.2) is 39.0 Å². The Morgan fingerprint density at radius 1 is 1.50 bits per heavy atom. The molecule has 5 heteroatoms. The molecule has 0 rings (SSSR count). The Hall–Kier alpha value is -0.801. The Balaban J connectivity index is 3.89. The van der Waals surface area contributed by atoms with Crippen LogP contribution in [0.25, 0.3) is 0 Å². The number of methoxy groups -OCH3 is 1. The molecule has 4 nitrogen and oxygen atoms in total. The van der Waals surface area contributed by atoms with Gasteiger partial charge in [0, 0.05) is 0 Å². The molecule has 0 radical (unpaired) electrons. The molecule has 0 saturated heterocycles. The molecule has 0 aromatic heterocycles. The van der Waals surface area contributed by atoms with Crippen molar-refractivity contribution < 1.29 is 19.1 Å². The summed E-state index contributed by atoms with van der Waals surface area (Å²) in [6.07, 6.45) is 2.00. The summed E-state index contributed by atoms with van der Waals surface area (Å²) in [6.45, 7) is 3.56. The van der Waals surface area contributed by atoms with Crippen molar-refractivity contribution in [2.45, 2.75) is 23.7 Å². The number of rotatable bonds is 6. The van der Waals surface area contributed by atoms with Gasteiger partial charge >= 0.3 is 89.4 Å². The molecule has 0 aromatic carbocycles. The van der Waals surface area contributed by atoms with E-state index >= 15 is 0 Å². The van der Waals surface area contributed by atoms with Crippen molar-refractivity contribution in [3.63, 3.8) is 0 Å².